The Bertz CT molecular complexity index is 425. The number of nitrogens with one attached hydrogen (secondary N) is 1. The molecule has 0 aliphatic heterocycles. The molecule has 0 spiro atoms. The molecule has 2 atom stereocenters. The highest BCUT2D eigenvalue weighted by Crippen LogP contribution is 2.17. The third kappa shape index (κ3) is 6.73. The molecule has 21 heavy (non-hydrogen) atoms. The summed E-state index contributed by atoms with van der Waals surface area (Å²) in [5.74, 6) is 2.27. The molecule has 0 aromatic heterocycles. The molecule has 0 saturated heterocycles. The number of rotatable bonds is 9. The van der Waals surface area contributed by atoms with Gasteiger partial charge in [-0.1, -0.05) is 0 Å². The summed E-state index contributed by atoms with van der Waals surface area (Å²) in [4.78, 5) is 11.8. The fraction of sp³-hybridized carbons (Fsp3) is 0.533. The summed E-state index contributed by atoms with van der Waals surface area (Å²) >= 11 is 1.68. The summed E-state index contributed by atoms with van der Waals surface area (Å²) in [5.41, 5.74) is 5.79. The fourth-order valence-electron chi connectivity index (χ4n) is 1.68. The molecule has 0 aliphatic rings. The molecule has 1 aromatic rings. The summed E-state index contributed by atoms with van der Waals surface area (Å²) in [7, 11) is 1.62. The van der Waals surface area contributed by atoms with Gasteiger partial charge >= 0.3 is 0 Å². The molecule has 0 fully saturated rings. The molecule has 0 aliphatic carbocycles. The van der Waals surface area contributed by atoms with Gasteiger partial charge in [-0.05, 0) is 49.6 Å². The molecule has 0 bridgehead atoms. The number of amides is 1. The van der Waals surface area contributed by atoms with E-state index in [0.29, 0.717) is 13.0 Å². The van der Waals surface area contributed by atoms with E-state index in [1.165, 1.54) is 0 Å². The van der Waals surface area contributed by atoms with E-state index in [1.54, 1.807) is 18.9 Å². The third-order valence-corrected chi connectivity index (χ3v) is 3.57. The van der Waals surface area contributed by atoms with Crippen LogP contribution in [0.25, 0.3) is 0 Å². The first kappa shape index (κ1) is 17.7. The maximum Gasteiger partial charge on any atom is 0.237 e. The molecule has 0 saturated carbocycles. The van der Waals surface area contributed by atoms with Gasteiger partial charge in [-0.25, -0.2) is 0 Å². The predicted octanol–water partition coefficient (Wildman–Crippen LogP) is 1.66. The zero-order chi connectivity index (χ0) is 15.7. The van der Waals surface area contributed by atoms with Crippen LogP contribution in [0.4, 0.5) is 0 Å². The Morgan fingerprint density at radius 2 is 1.95 bits per heavy atom. The van der Waals surface area contributed by atoms with Crippen molar-refractivity contribution in [1.82, 2.24) is 5.32 Å². The second-order valence-electron chi connectivity index (χ2n) is 4.74. The van der Waals surface area contributed by atoms with Crippen LogP contribution in [-0.4, -0.2) is 43.7 Å². The number of carbonyl (C=O) groups excluding carboxylic acids is 1. The second-order valence-corrected chi connectivity index (χ2v) is 5.72. The highest BCUT2D eigenvalue weighted by Gasteiger charge is 2.14. The zero-order valence-electron chi connectivity index (χ0n) is 12.8. The molecule has 5 nitrogen and oxygen atoms in total. The van der Waals surface area contributed by atoms with Gasteiger partial charge in [0.1, 0.15) is 17.6 Å². The van der Waals surface area contributed by atoms with Crippen molar-refractivity contribution in [2.24, 2.45) is 5.73 Å². The molecule has 1 aromatic carbocycles. The van der Waals surface area contributed by atoms with Crippen molar-refractivity contribution < 1.29 is 14.3 Å². The number of methoxy groups -OCH3 is 1. The molecular formula is C15H24N2O3S. The molecule has 0 radical (unpaired) electrons. The molecule has 1 rings (SSSR count). The molecule has 3 N–H and O–H groups in total. The quantitative estimate of drug-likeness (QED) is 0.725. The lowest BCUT2D eigenvalue weighted by Crippen LogP contribution is -2.44. The van der Waals surface area contributed by atoms with Gasteiger partial charge in [-0.15, -0.1) is 0 Å². The summed E-state index contributed by atoms with van der Waals surface area (Å²) in [5, 5.41) is 2.81. The maximum atomic E-state index is 11.8. The highest BCUT2D eigenvalue weighted by atomic mass is 32.2. The minimum absolute atomic E-state index is 0.130. The number of nitrogens with two attached hydrogens (primary N) is 1. The Hall–Kier alpha value is -1.40. The van der Waals surface area contributed by atoms with Crippen LogP contribution in [0, 0.1) is 0 Å². The van der Waals surface area contributed by atoms with E-state index in [1.807, 2.05) is 37.4 Å². The molecule has 6 heteroatoms. The van der Waals surface area contributed by atoms with Crippen molar-refractivity contribution in [2.45, 2.75) is 25.5 Å². The number of benzene rings is 1. The first-order chi connectivity index (χ1) is 10.1. The van der Waals surface area contributed by atoms with Gasteiger partial charge in [0.2, 0.25) is 5.91 Å². The molecule has 1 amide bonds. The average molecular weight is 312 g/mol. The Morgan fingerprint density at radius 1 is 1.33 bits per heavy atom. The Morgan fingerprint density at radius 3 is 2.52 bits per heavy atom. The van der Waals surface area contributed by atoms with E-state index in [9.17, 15) is 4.79 Å². The Balaban J connectivity index is 2.32. The first-order valence-corrected chi connectivity index (χ1v) is 8.29. The summed E-state index contributed by atoms with van der Waals surface area (Å²) in [6.07, 6.45) is 2.55. The highest BCUT2D eigenvalue weighted by molar-refractivity contribution is 7.98. The molecule has 1 unspecified atom stereocenters. The topological polar surface area (TPSA) is 73.6 Å². The SMILES string of the molecule is COc1ccc(OC(C)CNC(=O)[C@@H](N)CCSC)cc1. The van der Waals surface area contributed by atoms with Crippen molar-refractivity contribution in [3.63, 3.8) is 0 Å². The van der Waals surface area contributed by atoms with Gasteiger partial charge in [0.15, 0.2) is 0 Å². The summed E-state index contributed by atoms with van der Waals surface area (Å²) in [6.45, 7) is 2.33. The average Bonchev–Trinajstić information content (AvgIpc) is 2.50. The van der Waals surface area contributed by atoms with Crippen LogP contribution in [0.2, 0.25) is 0 Å². The van der Waals surface area contributed by atoms with Gasteiger partial charge in [-0.2, -0.15) is 11.8 Å². The summed E-state index contributed by atoms with van der Waals surface area (Å²) in [6, 6.07) is 6.88. The van der Waals surface area contributed by atoms with Crippen LogP contribution in [0.15, 0.2) is 24.3 Å². The molecular weight excluding hydrogens is 288 g/mol. The van der Waals surface area contributed by atoms with Gasteiger partial charge in [-0.3, -0.25) is 4.79 Å². The first-order valence-electron chi connectivity index (χ1n) is 6.89. The maximum absolute atomic E-state index is 11.8. The minimum Gasteiger partial charge on any atom is -0.497 e. The number of hydrogen-bond acceptors (Lipinski definition) is 5. The fourth-order valence-corrected chi connectivity index (χ4v) is 2.17. The van der Waals surface area contributed by atoms with Crippen molar-refractivity contribution in [3.05, 3.63) is 24.3 Å². The van der Waals surface area contributed by atoms with Gasteiger partial charge in [0, 0.05) is 0 Å². The standard InChI is InChI=1S/C15H24N2O3S/c1-11(10-17-15(18)14(16)8-9-21-3)20-13-6-4-12(19-2)5-7-13/h4-7,11,14H,8-10,16H2,1-3H3,(H,17,18)/t11?,14-/m0/s1. The van der Waals surface area contributed by atoms with Crippen molar-refractivity contribution >= 4 is 17.7 Å². The van der Waals surface area contributed by atoms with Crippen LogP contribution in [-0.2, 0) is 4.79 Å². The smallest absolute Gasteiger partial charge is 0.237 e. The number of carbonyl (C=O) groups is 1. The van der Waals surface area contributed by atoms with E-state index in [2.05, 4.69) is 5.32 Å². The largest absolute Gasteiger partial charge is 0.497 e. The van der Waals surface area contributed by atoms with E-state index >= 15 is 0 Å². The number of ether oxygens (including phenoxy) is 2. The Labute approximate surface area is 130 Å². The lowest BCUT2D eigenvalue weighted by Gasteiger charge is -2.17. The van der Waals surface area contributed by atoms with Crippen LogP contribution in [0.3, 0.4) is 0 Å². The van der Waals surface area contributed by atoms with E-state index in [0.717, 1.165) is 17.3 Å². The summed E-state index contributed by atoms with van der Waals surface area (Å²) < 4.78 is 10.8. The molecule has 0 heterocycles. The monoisotopic (exact) mass is 312 g/mol. The third-order valence-electron chi connectivity index (χ3n) is 2.93. The van der Waals surface area contributed by atoms with Gasteiger partial charge in [0.25, 0.3) is 0 Å². The lowest BCUT2D eigenvalue weighted by molar-refractivity contribution is -0.122. The van der Waals surface area contributed by atoms with E-state index in [4.69, 9.17) is 15.2 Å². The zero-order valence-corrected chi connectivity index (χ0v) is 13.6. The predicted molar refractivity (Wildman–Crippen MR) is 87.1 cm³/mol. The Kier molecular flexibility index (Phi) is 8.00. The van der Waals surface area contributed by atoms with Crippen LogP contribution in [0.1, 0.15) is 13.3 Å². The minimum atomic E-state index is -0.453. The lowest BCUT2D eigenvalue weighted by atomic mass is 10.2. The van der Waals surface area contributed by atoms with Crippen molar-refractivity contribution in [3.8, 4) is 11.5 Å². The van der Waals surface area contributed by atoms with Gasteiger partial charge < -0.3 is 20.5 Å². The van der Waals surface area contributed by atoms with Crippen molar-refractivity contribution in [2.75, 3.05) is 25.7 Å². The second kappa shape index (κ2) is 9.52. The van der Waals surface area contributed by atoms with Crippen LogP contribution < -0.4 is 20.5 Å². The van der Waals surface area contributed by atoms with E-state index < -0.39 is 6.04 Å². The van der Waals surface area contributed by atoms with Gasteiger partial charge in [0.05, 0.1) is 19.7 Å². The molecule has 118 valence electrons. The van der Waals surface area contributed by atoms with Crippen LogP contribution >= 0.6 is 11.8 Å². The number of hydrogen-bond donors (Lipinski definition) is 2. The van der Waals surface area contributed by atoms with Crippen molar-refractivity contribution in [1.29, 1.82) is 0 Å². The van der Waals surface area contributed by atoms with Crippen LogP contribution in [0.5, 0.6) is 11.5 Å². The van der Waals surface area contributed by atoms with E-state index in [-0.39, 0.29) is 12.0 Å². The normalized spacial score (nSPS) is 13.3. The number of thioether (sulfide) groups is 1.